The Morgan fingerprint density at radius 3 is 2.24 bits per heavy atom. The Hall–Kier alpha value is -3.68. The SMILES string of the molecule is NC(=O)[C@H]1CCCC[C@@H]1OC(=O)CNC(=O)[C@H](Cc1ccccc1)NC(=O)c1ccccc1. The highest BCUT2D eigenvalue weighted by Gasteiger charge is 2.32. The van der Waals surface area contributed by atoms with E-state index in [0.717, 1.165) is 18.4 Å². The van der Waals surface area contributed by atoms with Gasteiger partial charge in [-0.1, -0.05) is 55.0 Å². The highest BCUT2D eigenvalue weighted by Crippen LogP contribution is 2.26. The number of ether oxygens (including phenoxy) is 1. The summed E-state index contributed by atoms with van der Waals surface area (Å²) in [5.74, 6) is -2.53. The lowest BCUT2D eigenvalue weighted by molar-refractivity contribution is -0.155. The molecule has 2 aromatic rings. The zero-order valence-electron chi connectivity index (χ0n) is 18.4. The summed E-state index contributed by atoms with van der Waals surface area (Å²) in [6, 6.07) is 17.0. The predicted octanol–water partition coefficient (Wildman–Crippen LogP) is 1.73. The van der Waals surface area contributed by atoms with Crippen LogP contribution in [0.2, 0.25) is 0 Å². The van der Waals surface area contributed by atoms with Crippen LogP contribution in [0.4, 0.5) is 0 Å². The minimum absolute atomic E-state index is 0.257. The maximum absolute atomic E-state index is 12.9. The maximum atomic E-state index is 12.9. The van der Waals surface area contributed by atoms with E-state index in [1.807, 2.05) is 30.3 Å². The molecule has 4 N–H and O–H groups in total. The number of rotatable bonds is 9. The molecule has 0 unspecified atom stereocenters. The van der Waals surface area contributed by atoms with Gasteiger partial charge in [-0.15, -0.1) is 0 Å². The predicted molar refractivity (Wildman–Crippen MR) is 122 cm³/mol. The first kappa shape index (κ1) is 24.0. The average Bonchev–Trinajstić information content (AvgIpc) is 2.83. The lowest BCUT2D eigenvalue weighted by atomic mass is 9.86. The molecule has 0 bridgehead atoms. The molecule has 174 valence electrons. The summed E-state index contributed by atoms with van der Waals surface area (Å²) in [5, 5.41) is 5.29. The Bertz CT molecular complexity index is 965. The van der Waals surface area contributed by atoms with Gasteiger partial charge in [0.05, 0.1) is 5.92 Å². The second kappa shape index (κ2) is 11.8. The second-order valence-corrected chi connectivity index (χ2v) is 8.12. The van der Waals surface area contributed by atoms with Crippen molar-refractivity contribution in [1.82, 2.24) is 10.6 Å². The molecule has 33 heavy (non-hydrogen) atoms. The molecular weight excluding hydrogens is 422 g/mol. The molecule has 3 rings (SSSR count). The van der Waals surface area contributed by atoms with Gasteiger partial charge >= 0.3 is 5.97 Å². The van der Waals surface area contributed by atoms with Gasteiger partial charge in [-0.2, -0.15) is 0 Å². The van der Waals surface area contributed by atoms with Gasteiger partial charge in [0.1, 0.15) is 18.7 Å². The second-order valence-electron chi connectivity index (χ2n) is 8.12. The van der Waals surface area contributed by atoms with Gasteiger partial charge in [-0.05, 0) is 37.0 Å². The Morgan fingerprint density at radius 2 is 1.58 bits per heavy atom. The summed E-state index contributed by atoms with van der Waals surface area (Å²) in [7, 11) is 0. The maximum Gasteiger partial charge on any atom is 0.325 e. The van der Waals surface area contributed by atoms with Crippen molar-refractivity contribution < 1.29 is 23.9 Å². The highest BCUT2D eigenvalue weighted by atomic mass is 16.5. The van der Waals surface area contributed by atoms with Crippen molar-refractivity contribution in [3.63, 3.8) is 0 Å². The summed E-state index contributed by atoms with van der Waals surface area (Å²) >= 11 is 0. The number of carbonyl (C=O) groups is 4. The zero-order chi connectivity index (χ0) is 23.6. The smallest absolute Gasteiger partial charge is 0.325 e. The molecule has 0 aliphatic heterocycles. The van der Waals surface area contributed by atoms with E-state index >= 15 is 0 Å². The lowest BCUT2D eigenvalue weighted by Gasteiger charge is -2.29. The Labute approximate surface area is 192 Å². The van der Waals surface area contributed by atoms with Crippen LogP contribution in [0.1, 0.15) is 41.6 Å². The summed E-state index contributed by atoms with van der Waals surface area (Å²) in [6.07, 6.45) is 2.55. The zero-order valence-corrected chi connectivity index (χ0v) is 18.4. The molecule has 0 heterocycles. The van der Waals surface area contributed by atoms with Crippen LogP contribution in [-0.2, 0) is 25.5 Å². The number of benzene rings is 2. The molecule has 1 saturated carbocycles. The van der Waals surface area contributed by atoms with Crippen molar-refractivity contribution in [3.05, 3.63) is 71.8 Å². The topological polar surface area (TPSA) is 128 Å². The Balaban J connectivity index is 1.61. The lowest BCUT2D eigenvalue weighted by Crippen LogP contribution is -2.49. The molecule has 0 saturated heterocycles. The quantitative estimate of drug-likeness (QED) is 0.500. The Morgan fingerprint density at radius 1 is 0.939 bits per heavy atom. The largest absolute Gasteiger partial charge is 0.460 e. The van der Waals surface area contributed by atoms with Crippen LogP contribution >= 0.6 is 0 Å². The van der Waals surface area contributed by atoms with E-state index in [0.29, 0.717) is 18.4 Å². The molecule has 8 nitrogen and oxygen atoms in total. The fourth-order valence-electron chi connectivity index (χ4n) is 3.95. The molecule has 2 aromatic carbocycles. The molecule has 8 heteroatoms. The van der Waals surface area contributed by atoms with Crippen molar-refractivity contribution >= 4 is 23.7 Å². The summed E-state index contributed by atoms with van der Waals surface area (Å²) < 4.78 is 5.42. The number of primary amides is 1. The summed E-state index contributed by atoms with van der Waals surface area (Å²) in [5.41, 5.74) is 6.71. The van der Waals surface area contributed by atoms with E-state index in [1.165, 1.54) is 0 Å². The third-order valence-corrected chi connectivity index (χ3v) is 5.70. The third-order valence-electron chi connectivity index (χ3n) is 5.70. The molecule has 0 spiro atoms. The van der Waals surface area contributed by atoms with Gasteiger partial charge in [0.15, 0.2) is 0 Å². The summed E-state index contributed by atoms with van der Waals surface area (Å²) in [4.78, 5) is 49.4. The van der Waals surface area contributed by atoms with Gasteiger partial charge < -0.3 is 21.1 Å². The number of hydrogen-bond acceptors (Lipinski definition) is 5. The minimum Gasteiger partial charge on any atom is -0.460 e. The number of amides is 3. The van der Waals surface area contributed by atoms with Crippen LogP contribution in [0, 0.1) is 5.92 Å². The normalized spacial score (nSPS) is 18.5. The third kappa shape index (κ3) is 7.17. The van der Waals surface area contributed by atoms with E-state index in [1.54, 1.807) is 30.3 Å². The first-order valence-electron chi connectivity index (χ1n) is 11.1. The van der Waals surface area contributed by atoms with E-state index in [4.69, 9.17) is 10.5 Å². The fraction of sp³-hybridized carbons (Fsp3) is 0.360. The Kier molecular flexibility index (Phi) is 8.57. The number of nitrogens with two attached hydrogens (primary N) is 1. The monoisotopic (exact) mass is 451 g/mol. The van der Waals surface area contributed by atoms with Gasteiger partial charge in [0.25, 0.3) is 5.91 Å². The molecule has 1 aliphatic carbocycles. The van der Waals surface area contributed by atoms with Gasteiger partial charge in [-0.3, -0.25) is 19.2 Å². The van der Waals surface area contributed by atoms with Crippen LogP contribution in [0.3, 0.4) is 0 Å². The average molecular weight is 452 g/mol. The van der Waals surface area contributed by atoms with Gasteiger partial charge in [0, 0.05) is 12.0 Å². The van der Waals surface area contributed by atoms with E-state index in [-0.39, 0.29) is 18.9 Å². The highest BCUT2D eigenvalue weighted by molar-refractivity contribution is 5.98. The summed E-state index contributed by atoms with van der Waals surface area (Å²) in [6.45, 7) is -0.368. The van der Waals surface area contributed by atoms with Crippen molar-refractivity contribution in [2.45, 2.75) is 44.2 Å². The number of nitrogens with one attached hydrogen (secondary N) is 2. The number of hydrogen-bond donors (Lipinski definition) is 3. The first-order chi connectivity index (χ1) is 15.9. The standard InChI is InChI=1S/C25H29N3O5/c26-23(30)19-13-7-8-14-21(19)33-22(29)16-27-25(32)20(15-17-9-3-1-4-10-17)28-24(31)18-11-5-2-6-12-18/h1-6,9-12,19-21H,7-8,13-16H2,(H2,26,30)(H,27,32)(H,28,31)/t19-,20-,21-/m0/s1. The fourth-order valence-corrected chi connectivity index (χ4v) is 3.95. The van der Waals surface area contributed by atoms with Crippen molar-refractivity contribution in [2.75, 3.05) is 6.54 Å². The van der Waals surface area contributed by atoms with Crippen LogP contribution in [0.25, 0.3) is 0 Å². The molecule has 1 fully saturated rings. The minimum atomic E-state index is -0.888. The van der Waals surface area contributed by atoms with Gasteiger partial charge in [-0.25, -0.2) is 0 Å². The van der Waals surface area contributed by atoms with E-state index < -0.39 is 35.8 Å². The van der Waals surface area contributed by atoms with E-state index in [9.17, 15) is 19.2 Å². The molecular formula is C25H29N3O5. The van der Waals surface area contributed by atoms with Crippen LogP contribution in [0.15, 0.2) is 60.7 Å². The van der Waals surface area contributed by atoms with Gasteiger partial charge in [0.2, 0.25) is 11.8 Å². The number of carbonyl (C=O) groups excluding carboxylic acids is 4. The molecule has 0 aromatic heterocycles. The van der Waals surface area contributed by atoms with Crippen molar-refractivity contribution in [3.8, 4) is 0 Å². The van der Waals surface area contributed by atoms with Crippen molar-refractivity contribution in [2.24, 2.45) is 11.7 Å². The van der Waals surface area contributed by atoms with Crippen molar-refractivity contribution in [1.29, 1.82) is 0 Å². The molecule has 3 amide bonds. The first-order valence-corrected chi connectivity index (χ1v) is 11.1. The van der Waals surface area contributed by atoms with Crippen LogP contribution < -0.4 is 16.4 Å². The van der Waals surface area contributed by atoms with Crippen LogP contribution in [0.5, 0.6) is 0 Å². The molecule has 0 radical (unpaired) electrons. The molecule has 1 aliphatic rings. The number of esters is 1. The molecule has 3 atom stereocenters. The van der Waals surface area contributed by atoms with Crippen LogP contribution in [-0.4, -0.2) is 42.4 Å². The van der Waals surface area contributed by atoms with E-state index in [2.05, 4.69) is 10.6 Å².